The first-order chi connectivity index (χ1) is 9.54. The average Bonchev–Trinajstić information content (AvgIpc) is 2.42. The maximum Gasteiger partial charge on any atom is 0.258 e. The van der Waals surface area contributed by atoms with Crippen LogP contribution in [0.25, 0.3) is 0 Å². The van der Waals surface area contributed by atoms with Crippen molar-refractivity contribution in [3.8, 4) is 5.75 Å². The molecule has 0 spiro atoms. The van der Waals surface area contributed by atoms with Crippen molar-refractivity contribution in [2.45, 2.75) is 18.9 Å². The highest BCUT2D eigenvalue weighted by molar-refractivity contribution is 6.30. The molecule has 1 aromatic rings. The summed E-state index contributed by atoms with van der Waals surface area (Å²) in [6.45, 7) is 0.501. The molecule has 5 nitrogen and oxygen atoms in total. The summed E-state index contributed by atoms with van der Waals surface area (Å²) in [4.78, 5) is 24.7. The Balaban J connectivity index is 1.75. The molecule has 20 heavy (non-hydrogen) atoms. The number of hydrogen-bond acceptors (Lipinski definition) is 3. The number of ether oxygens (including phenoxy) is 1. The van der Waals surface area contributed by atoms with Gasteiger partial charge in [-0.05, 0) is 30.7 Å². The quantitative estimate of drug-likeness (QED) is 0.915. The number of nitrogens with one attached hydrogen (secondary N) is 1. The van der Waals surface area contributed by atoms with Crippen LogP contribution in [0.2, 0.25) is 5.02 Å². The van der Waals surface area contributed by atoms with Crippen molar-refractivity contribution in [2.75, 3.05) is 20.2 Å². The van der Waals surface area contributed by atoms with Crippen molar-refractivity contribution in [2.24, 2.45) is 0 Å². The third kappa shape index (κ3) is 4.13. The van der Waals surface area contributed by atoms with Gasteiger partial charge in [-0.2, -0.15) is 0 Å². The van der Waals surface area contributed by atoms with Gasteiger partial charge < -0.3 is 15.0 Å². The maximum atomic E-state index is 11.8. The standard InChI is InChI=1S/C14H17ClN2O3/c1-17-8-11(4-7-14(17)19)16-13(18)9-20-12-5-2-10(15)3-6-12/h2-3,5-6,11H,4,7-9H2,1H3,(H,16,18). The molecule has 0 aliphatic carbocycles. The van der Waals surface area contributed by atoms with E-state index < -0.39 is 0 Å². The van der Waals surface area contributed by atoms with Gasteiger partial charge in [0.1, 0.15) is 5.75 Å². The van der Waals surface area contributed by atoms with Crippen LogP contribution in [0, 0.1) is 0 Å². The average molecular weight is 297 g/mol. The number of carbonyl (C=O) groups is 2. The number of likely N-dealkylation sites (N-methyl/N-ethyl adjacent to an activating group) is 1. The second kappa shape index (κ2) is 6.61. The second-order valence-corrected chi connectivity index (χ2v) is 5.26. The molecular weight excluding hydrogens is 280 g/mol. The van der Waals surface area contributed by atoms with Gasteiger partial charge in [0.15, 0.2) is 6.61 Å². The van der Waals surface area contributed by atoms with E-state index in [9.17, 15) is 9.59 Å². The van der Waals surface area contributed by atoms with E-state index >= 15 is 0 Å². The molecular formula is C14H17ClN2O3. The molecule has 0 bridgehead atoms. The Hall–Kier alpha value is -1.75. The summed E-state index contributed by atoms with van der Waals surface area (Å²) < 4.78 is 5.36. The zero-order valence-electron chi connectivity index (χ0n) is 11.3. The molecule has 1 aliphatic rings. The lowest BCUT2D eigenvalue weighted by atomic mass is 10.1. The highest BCUT2D eigenvalue weighted by Crippen LogP contribution is 2.15. The number of rotatable bonds is 4. The smallest absolute Gasteiger partial charge is 0.258 e. The van der Waals surface area contributed by atoms with E-state index in [1.165, 1.54) is 0 Å². The van der Waals surface area contributed by atoms with Crippen molar-refractivity contribution < 1.29 is 14.3 Å². The number of carbonyl (C=O) groups excluding carboxylic acids is 2. The zero-order chi connectivity index (χ0) is 14.5. The van der Waals surface area contributed by atoms with Crippen LogP contribution in [-0.2, 0) is 9.59 Å². The Morgan fingerprint density at radius 3 is 2.80 bits per heavy atom. The Kier molecular flexibility index (Phi) is 4.84. The fraction of sp³-hybridized carbons (Fsp3) is 0.429. The summed E-state index contributed by atoms with van der Waals surface area (Å²) in [7, 11) is 1.74. The van der Waals surface area contributed by atoms with Gasteiger partial charge in [0.2, 0.25) is 5.91 Å². The Bertz CT molecular complexity index is 490. The highest BCUT2D eigenvalue weighted by Gasteiger charge is 2.23. The minimum Gasteiger partial charge on any atom is -0.484 e. The van der Waals surface area contributed by atoms with Crippen LogP contribution in [0.15, 0.2) is 24.3 Å². The number of nitrogens with zero attached hydrogens (tertiary/aromatic N) is 1. The third-order valence-corrected chi connectivity index (χ3v) is 3.43. The van der Waals surface area contributed by atoms with E-state index in [4.69, 9.17) is 16.3 Å². The van der Waals surface area contributed by atoms with Crippen molar-refractivity contribution >= 4 is 23.4 Å². The number of halogens is 1. The van der Waals surface area contributed by atoms with E-state index in [-0.39, 0.29) is 24.5 Å². The van der Waals surface area contributed by atoms with Crippen LogP contribution < -0.4 is 10.1 Å². The summed E-state index contributed by atoms with van der Waals surface area (Å²) in [5.41, 5.74) is 0. The van der Waals surface area contributed by atoms with Gasteiger partial charge in [-0.1, -0.05) is 11.6 Å². The van der Waals surface area contributed by atoms with Crippen LogP contribution in [0.1, 0.15) is 12.8 Å². The van der Waals surface area contributed by atoms with Crippen molar-refractivity contribution in [1.82, 2.24) is 10.2 Å². The zero-order valence-corrected chi connectivity index (χ0v) is 12.0. The van der Waals surface area contributed by atoms with Crippen LogP contribution in [0.5, 0.6) is 5.75 Å². The first-order valence-corrected chi connectivity index (χ1v) is 6.84. The van der Waals surface area contributed by atoms with Gasteiger partial charge in [0.25, 0.3) is 5.91 Å². The van der Waals surface area contributed by atoms with E-state index in [1.54, 1.807) is 36.2 Å². The molecule has 108 valence electrons. The lowest BCUT2D eigenvalue weighted by Gasteiger charge is -2.30. The largest absolute Gasteiger partial charge is 0.484 e. The molecule has 1 saturated heterocycles. The fourth-order valence-electron chi connectivity index (χ4n) is 2.08. The maximum absolute atomic E-state index is 11.8. The molecule has 1 aliphatic heterocycles. The third-order valence-electron chi connectivity index (χ3n) is 3.18. The molecule has 2 amide bonds. The van der Waals surface area contributed by atoms with Gasteiger partial charge in [0, 0.05) is 31.1 Å². The second-order valence-electron chi connectivity index (χ2n) is 4.82. The molecule has 1 atom stereocenters. The molecule has 1 unspecified atom stereocenters. The predicted octanol–water partition coefficient (Wildman–Crippen LogP) is 1.46. The topological polar surface area (TPSA) is 58.6 Å². The van der Waals surface area contributed by atoms with Crippen molar-refractivity contribution in [1.29, 1.82) is 0 Å². The monoisotopic (exact) mass is 296 g/mol. The SMILES string of the molecule is CN1CC(NC(=O)COc2ccc(Cl)cc2)CCC1=O. The lowest BCUT2D eigenvalue weighted by molar-refractivity contribution is -0.134. The number of hydrogen-bond donors (Lipinski definition) is 1. The number of benzene rings is 1. The number of amides is 2. The summed E-state index contributed by atoms with van der Waals surface area (Å²) in [6.07, 6.45) is 1.15. The van der Waals surface area contributed by atoms with E-state index in [0.29, 0.717) is 30.2 Å². The summed E-state index contributed by atoms with van der Waals surface area (Å²) in [5.74, 6) is 0.529. The molecule has 1 fully saturated rings. The molecule has 0 saturated carbocycles. The minimum absolute atomic E-state index is 0.000909. The molecule has 1 aromatic carbocycles. The van der Waals surface area contributed by atoms with Crippen LogP contribution in [-0.4, -0.2) is 43.0 Å². The van der Waals surface area contributed by atoms with E-state index in [2.05, 4.69) is 5.32 Å². The van der Waals surface area contributed by atoms with Crippen LogP contribution in [0.3, 0.4) is 0 Å². The number of piperidine rings is 1. The van der Waals surface area contributed by atoms with Crippen molar-refractivity contribution in [3.63, 3.8) is 0 Å². The molecule has 6 heteroatoms. The predicted molar refractivity (Wildman–Crippen MR) is 75.7 cm³/mol. The van der Waals surface area contributed by atoms with E-state index in [0.717, 1.165) is 0 Å². The van der Waals surface area contributed by atoms with Gasteiger partial charge in [-0.25, -0.2) is 0 Å². The van der Waals surface area contributed by atoms with Gasteiger partial charge in [0.05, 0.1) is 0 Å². The summed E-state index contributed by atoms with van der Waals surface area (Å²) in [5, 5.41) is 3.49. The van der Waals surface area contributed by atoms with Gasteiger partial charge >= 0.3 is 0 Å². The summed E-state index contributed by atoms with van der Waals surface area (Å²) >= 11 is 5.76. The van der Waals surface area contributed by atoms with Crippen molar-refractivity contribution in [3.05, 3.63) is 29.3 Å². The molecule has 0 aromatic heterocycles. The molecule has 1 N–H and O–H groups in total. The Morgan fingerprint density at radius 2 is 2.15 bits per heavy atom. The Morgan fingerprint density at radius 1 is 1.45 bits per heavy atom. The van der Waals surface area contributed by atoms with E-state index in [1.807, 2.05) is 0 Å². The summed E-state index contributed by atoms with van der Waals surface area (Å²) in [6, 6.07) is 6.83. The van der Waals surface area contributed by atoms with Crippen LogP contribution in [0.4, 0.5) is 0 Å². The van der Waals surface area contributed by atoms with Gasteiger partial charge in [-0.15, -0.1) is 0 Å². The first-order valence-electron chi connectivity index (χ1n) is 6.46. The fourth-order valence-corrected chi connectivity index (χ4v) is 2.21. The Labute approximate surface area is 122 Å². The minimum atomic E-state index is -0.187. The number of likely N-dealkylation sites (tertiary alicyclic amines) is 1. The first kappa shape index (κ1) is 14.7. The molecule has 2 rings (SSSR count). The van der Waals surface area contributed by atoms with Crippen LogP contribution >= 0.6 is 11.6 Å². The molecule has 0 radical (unpaired) electrons. The normalized spacial score (nSPS) is 18.8. The van der Waals surface area contributed by atoms with Gasteiger partial charge in [-0.3, -0.25) is 9.59 Å². The lowest BCUT2D eigenvalue weighted by Crippen LogP contribution is -2.49. The molecule has 1 heterocycles. The highest BCUT2D eigenvalue weighted by atomic mass is 35.5.